The van der Waals surface area contributed by atoms with E-state index in [-0.39, 0.29) is 24.2 Å². The summed E-state index contributed by atoms with van der Waals surface area (Å²) in [5.41, 5.74) is 1.05. The molecule has 0 radical (unpaired) electrons. The van der Waals surface area contributed by atoms with Crippen molar-refractivity contribution < 1.29 is 9.59 Å². The van der Waals surface area contributed by atoms with Gasteiger partial charge in [-0.1, -0.05) is 25.3 Å². The lowest BCUT2D eigenvalue weighted by Crippen LogP contribution is -2.33. The molecule has 6 nitrogen and oxygen atoms in total. The number of carbonyl (C=O) groups excluding carboxylic acids is 2. The number of nitrogens with one attached hydrogen (secondary N) is 2. The molecule has 2 saturated heterocycles. The number of carbonyl (C=O) groups is 2. The van der Waals surface area contributed by atoms with Crippen molar-refractivity contribution in [3.63, 3.8) is 0 Å². The molecule has 2 fully saturated rings. The summed E-state index contributed by atoms with van der Waals surface area (Å²) < 4.78 is 0. The summed E-state index contributed by atoms with van der Waals surface area (Å²) >= 11 is 0. The minimum absolute atomic E-state index is 0.0437. The van der Waals surface area contributed by atoms with E-state index in [4.69, 9.17) is 0 Å². The second kappa shape index (κ2) is 8.13. The third-order valence-electron chi connectivity index (χ3n) is 4.82. The van der Waals surface area contributed by atoms with Gasteiger partial charge in [0.2, 0.25) is 11.8 Å². The van der Waals surface area contributed by atoms with Crippen molar-refractivity contribution in [2.75, 3.05) is 24.5 Å². The molecule has 2 N–H and O–H groups in total. The monoisotopic (exact) mass is 330 g/mol. The number of amides is 2. The van der Waals surface area contributed by atoms with Gasteiger partial charge in [-0.05, 0) is 18.9 Å². The molecule has 0 spiro atoms. The number of hydrogen-bond acceptors (Lipinski definition) is 4. The minimum atomic E-state index is -0.251. The zero-order valence-corrected chi connectivity index (χ0v) is 14.1. The highest BCUT2D eigenvalue weighted by atomic mass is 16.2. The van der Waals surface area contributed by atoms with Gasteiger partial charge in [0.15, 0.2) is 0 Å². The van der Waals surface area contributed by atoms with Gasteiger partial charge in [-0.25, -0.2) is 4.98 Å². The molecule has 3 heterocycles. The van der Waals surface area contributed by atoms with E-state index in [1.807, 2.05) is 18.3 Å². The predicted molar refractivity (Wildman–Crippen MR) is 92.5 cm³/mol. The third-order valence-corrected chi connectivity index (χ3v) is 4.82. The fourth-order valence-electron chi connectivity index (χ4n) is 3.43. The zero-order valence-electron chi connectivity index (χ0n) is 14.1. The molecule has 0 bridgehead atoms. The average Bonchev–Trinajstić information content (AvgIpc) is 2.99. The SMILES string of the molecule is O=C1C[C@@H](C(=O)NCc2cccnc2N2CCCCCCC2)CN1. The van der Waals surface area contributed by atoms with Crippen LogP contribution in [0.1, 0.15) is 44.1 Å². The van der Waals surface area contributed by atoms with Gasteiger partial charge in [-0.2, -0.15) is 0 Å². The first-order chi connectivity index (χ1) is 11.7. The van der Waals surface area contributed by atoms with Crippen LogP contribution in [0.2, 0.25) is 0 Å². The fraction of sp³-hybridized carbons (Fsp3) is 0.611. The quantitative estimate of drug-likeness (QED) is 0.879. The van der Waals surface area contributed by atoms with Crippen LogP contribution in [0.3, 0.4) is 0 Å². The molecular formula is C18H26N4O2. The summed E-state index contributed by atoms with van der Waals surface area (Å²) in [4.78, 5) is 30.4. The van der Waals surface area contributed by atoms with Crippen molar-refractivity contribution in [3.8, 4) is 0 Å². The molecule has 24 heavy (non-hydrogen) atoms. The van der Waals surface area contributed by atoms with E-state index >= 15 is 0 Å². The molecule has 0 unspecified atom stereocenters. The predicted octanol–water partition coefficient (Wildman–Crippen LogP) is 1.60. The van der Waals surface area contributed by atoms with Crippen molar-refractivity contribution in [1.82, 2.24) is 15.6 Å². The van der Waals surface area contributed by atoms with Crippen LogP contribution in [0.25, 0.3) is 0 Å². The highest BCUT2D eigenvalue weighted by molar-refractivity contribution is 5.89. The Hall–Kier alpha value is -2.11. The van der Waals surface area contributed by atoms with Gasteiger partial charge < -0.3 is 15.5 Å². The van der Waals surface area contributed by atoms with E-state index in [9.17, 15) is 9.59 Å². The Bertz CT molecular complexity index is 582. The Kier molecular flexibility index (Phi) is 5.67. The van der Waals surface area contributed by atoms with Gasteiger partial charge >= 0.3 is 0 Å². The molecule has 130 valence electrons. The molecule has 2 aliphatic heterocycles. The Balaban J connectivity index is 1.63. The van der Waals surface area contributed by atoms with Gasteiger partial charge in [-0.15, -0.1) is 0 Å². The van der Waals surface area contributed by atoms with Crippen LogP contribution < -0.4 is 15.5 Å². The lowest BCUT2D eigenvalue weighted by atomic mass is 10.1. The maximum Gasteiger partial charge on any atom is 0.225 e. The van der Waals surface area contributed by atoms with Gasteiger partial charge in [0.1, 0.15) is 5.82 Å². The summed E-state index contributed by atoms with van der Waals surface area (Å²) in [5.74, 6) is 0.633. The highest BCUT2D eigenvalue weighted by Crippen LogP contribution is 2.21. The van der Waals surface area contributed by atoms with Crippen molar-refractivity contribution in [3.05, 3.63) is 23.9 Å². The first-order valence-electron chi connectivity index (χ1n) is 8.97. The van der Waals surface area contributed by atoms with Gasteiger partial charge in [0.05, 0.1) is 5.92 Å². The second-order valence-corrected chi connectivity index (χ2v) is 6.66. The maximum absolute atomic E-state index is 12.2. The normalized spacial score (nSPS) is 21.8. The Morgan fingerprint density at radius 2 is 2.00 bits per heavy atom. The van der Waals surface area contributed by atoms with Gasteiger partial charge in [-0.3, -0.25) is 9.59 Å². The van der Waals surface area contributed by atoms with Crippen molar-refractivity contribution >= 4 is 17.6 Å². The topological polar surface area (TPSA) is 74.3 Å². The molecule has 2 amide bonds. The summed E-state index contributed by atoms with van der Waals surface area (Å²) in [5, 5.41) is 5.68. The molecular weight excluding hydrogens is 304 g/mol. The standard InChI is InChI=1S/C18H26N4O2/c23-16-11-15(13-20-16)18(24)21-12-14-7-6-8-19-17(14)22-9-4-2-1-3-5-10-22/h6-8,15H,1-5,9-13H2,(H,20,23)(H,21,24)/t15-/m1/s1. The Labute approximate surface area is 143 Å². The molecule has 2 aliphatic rings. The van der Waals surface area contributed by atoms with E-state index in [1.54, 1.807) is 0 Å². The van der Waals surface area contributed by atoms with Gasteiger partial charge in [0.25, 0.3) is 0 Å². The molecule has 1 aromatic heterocycles. The number of aromatic nitrogens is 1. The third kappa shape index (κ3) is 4.24. The number of anilines is 1. The smallest absolute Gasteiger partial charge is 0.225 e. The molecule has 0 aromatic carbocycles. The summed E-state index contributed by atoms with van der Waals surface area (Å²) in [6.45, 7) is 2.96. The molecule has 0 saturated carbocycles. The number of pyridine rings is 1. The lowest BCUT2D eigenvalue weighted by molar-refractivity contribution is -0.126. The first-order valence-corrected chi connectivity index (χ1v) is 8.97. The second-order valence-electron chi connectivity index (χ2n) is 6.66. The van der Waals surface area contributed by atoms with Crippen LogP contribution in [-0.2, 0) is 16.1 Å². The van der Waals surface area contributed by atoms with Crippen molar-refractivity contribution in [2.45, 2.75) is 45.1 Å². The molecule has 3 rings (SSSR count). The fourth-order valence-corrected chi connectivity index (χ4v) is 3.43. The largest absolute Gasteiger partial charge is 0.356 e. The van der Waals surface area contributed by atoms with E-state index in [0.717, 1.165) is 24.5 Å². The van der Waals surface area contributed by atoms with E-state index in [1.165, 1.54) is 32.1 Å². The average molecular weight is 330 g/mol. The van der Waals surface area contributed by atoms with Crippen LogP contribution in [-0.4, -0.2) is 36.4 Å². The molecule has 6 heteroatoms. The van der Waals surface area contributed by atoms with E-state index in [2.05, 4.69) is 20.5 Å². The number of nitrogens with zero attached hydrogens (tertiary/aromatic N) is 2. The van der Waals surface area contributed by atoms with Crippen LogP contribution in [0.5, 0.6) is 0 Å². The van der Waals surface area contributed by atoms with Crippen LogP contribution >= 0.6 is 0 Å². The maximum atomic E-state index is 12.2. The molecule has 1 aromatic rings. The van der Waals surface area contributed by atoms with Crippen LogP contribution in [0.4, 0.5) is 5.82 Å². The Morgan fingerprint density at radius 1 is 1.25 bits per heavy atom. The number of rotatable bonds is 4. The summed E-state index contributed by atoms with van der Waals surface area (Å²) in [7, 11) is 0. The van der Waals surface area contributed by atoms with Crippen molar-refractivity contribution in [1.29, 1.82) is 0 Å². The van der Waals surface area contributed by atoms with E-state index in [0.29, 0.717) is 13.1 Å². The molecule has 1 atom stereocenters. The highest BCUT2D eigenvalue weighted by Gasteiger charge is 2.27. The van der Waals surface area contributed by atoms with Crippen LogP contribution in [0, 0.1) is 5.92 Å². The van der Waals surface area contributed by atoms with Crippen LogP contribution in [0.15, 0.2) is 18.3 Å². The first kappa shape index (κ1) is 16.7. The minimum Gasteiger partial charge on any atom is -0.356 e. The lowest BCUT2D eigenvalue weighted by Gasteiger charge is -2.27. The van der Waals surface area contributed by atoms with Crippen molar-refractivity contribution in [2.24, 2.45) is 5.92 Å². The van der Waals surface area contributed by atoms with E-state index < -0.39 is 0 Å². The molecule has 0 aliphatic carbocycles. The zero-order chi connectivity index (χ0) is 16.8. The van der Waals surface area contributed by atoms with Gasteiger partial charge in [0, 0.05) is 44.4 Å². The Morgan fingerprint density at radius 3 is 2.71 bits per heavy atom. The summed E-state index contributed by atoms with van der Waals surface area (Å²) in [6, 6.07) is 3.94. The summed E-state index contributed by atoms with van der Waals surface area (Å²) in [6.07, 6.45) is 8.37. The number of hydrogen-bond donors (Lipinski definition) is 2.